The molecule has 0 fully saturated rings. The summed E-state index contributed by atoms with van der Waals surface area (Å²) in [5, 5.41) is 0. The van der Waals surface area contributed by atoms with Gasteiger partial charge in [-0.3, -0.25) is 0 Å². The van der Waals surface area contributed by atoms with Crippen molar-refractivity contribution in [3.05, 3.63) is 0 Å². The van der Waals surface area contributed by atoms with Crippen LogP contribution < -0.4 is 0 Å². The SMILES string of the molecule is CCCC(C)O[SiH2]CCC(CCCN(CCC)CCC)(CCCN(CCC)CCC)CCCN(CCC)CCC. The summed E-state index contributed by atoms with van der Waals surface area (Å²) in [4.78, 5) is 8.22. The number of rotatable bonds is 31. The van der Waals surface area contributed by atoms with Crippen LogP contribution in [0.2, 0.25) is 6.04 Å². The molecule has 0 aliphatic rings. The molecule has 0 rings (SSSR count). The summed E-state index contributed by atoms with van der Waals surface area (Å²) in [6.45, 7) is 30.1. The molecule has 4 nitrogen and oxygen atoms in total. The standard InChI is InChI=1S/C35H77N3OSi/c1-9-19-34(8)39-40-33-23-35(20-16-30-36(24-10-2)25-11-3,21-17-31-37(26-12-4)27-13-5)22-18-32-38(28-14-6)29-15-7/h34H,9-33,40H2,1-8H3. The molecule has 40 heavy (non-hydrogen) atoms. The molecule has 0 aromatic heterocycles. The van der Waals surface area contributed by atoms with Gasteiger partial charge in [0.2, 0.25) is 0 Å². The highest BCUT2D eigenvalue weighted by molar-refractivity contribution is 6.27. The normalized spacial score (nSPS) is 13.6. The third-order valence-electron chi connectivity index (χ3n) is 8.73. The maximum absolute atomic E-state index is 6.41. The number of hydrogen-bond acceptors (Lipinski definition) is 4. The van der Waals surface area contributed by atoms with Crippen LogP contribution in [0.25, 0.3) is 0 Å². The molecule has 242 valence electrons. The average molecular weight is 584 g/mol. The largest absolute Gasteiger partial charge is 0.421 e. The Morgan fingerprint density at radius 2 is 0.850 bits per heavy atom. The molecule has 0 saturated carbocycles. The van der Waals surface area contributed by atoms with Crippen molar-refractivity contribution in [3.63, 3.8) is 0 Å². The van der Waals surface area contributed by atoms with E-state index in [0.717, 1.165) is 0 Å². The van der Waals surface area contributed by atoms with Gasteiger partial charge in [-0.1, -0.05) is 54.9 Å². The van der Waals surface area contributed by atoms with Crippen molar-refractivity contribution >= 4 is 9.76 Å². The lowest BCUT2D eigenvalue weighted by Crippen LogP contribution is -2.32. The molecule has 1 unspecified atom stereocenters. The highest BCUT2D eigenvalue weighted by atomic mass is 28.2. The Morgan fingerprint density at radius 1 is 0.500 bits per heavy atom. The van der Waals surface area contributed by atoms with Crippen LogP contribution in [0.5, 0.6) is 0 Å². The van der Waals surface area contributed by atoms with Gasteiger partial charge in [-0.15, -0.1) is 0 Å². The summed E-state index contributed by atoms with van der Waals surface area (Å²) in [7, 11) is -0.433. The first-order valence-corrected chi connectivity index (χ1v) is 19.8. The van der Waals surface area contributed by atoms with Crippen molar-refractivity contribution < 1.29 is 4.43 Å². The molecule has 0 amide bonds. The Bertz CT molecular complexity index is 448. The van der Waals surface area contributed by atoms with Crippen LogP contribution in [0.15, 0.2) is 0 Å². The van der Waals surface area contributed by atoms with Gasteiger partial charge in [-0.05, 0) is 167 Å². The van der Waals surface area contributed by atoms with E-state index in [1.54, 1.807) is 0 Å². The predicted molar refractivity (Wildman–Crippen MR) is 185 cm³/mol. The van der Waals surface area contributed by atoms with Gasteiger partial charge in [0.15, 0.2) is 9.76 Å². The lowest BCUT2D eigenvalue weighted by molar-refractivity contribution is 0.149. The van der Waals surface area contributed by atoms with Crippen LogP contribution in [-0.4, -0.2) is 89.5 Å². The predicted octanol–water partition coefficient (Wildman–Crippen LogP) is 8.78. The smallest absolute Gasteiger partial charge is 0.161 e. The minimum Gasteiger partial charge on any atom is -0.421 e. The highest BCUT2D eigenvalue weighted by Gasteiger charge is 2.29. The lowest BCUT2D eigenvalue weighted by Gasteiger charge is -2.37. The first-order chi connectivity index (χ1) is 19.4. The summed E-state index contributed by atoms with van der Waals surface area (Å²) in [5.41, 5.74) is 0.503. The van der Waals surface area contributed by atoms with Crippen molar-refractivity contribution in [1.82, 2.24) is 14.7 Å². The van der Waals surface area contributed by atoms with E-state index in [-0.39, 0.29) is 0 Å². The molecular weight excluding hydrogens is 506 g/mol. The van der Waals surface area contributed by atoms with Crippen molar-refractivity contribution in [2.45, 2.75) is 164 Å². The van der Waals surface area contributed by atoms with Gasteiger partial charge >= 0.3 is 0 Å². The minimum atomic E-state index is -0.433. The third-order valence-corrected chi connectivity index (χ3v) is 10.2. The maximum atomic E-state index is 6.41. The Balaban J connectivity index is 5.58. The van der Waals surface area contributed by atoms with E-state index in [1.165, 1.54) is 161 Å². The summed E-state index contributed by atoms with van der Waals surface area (Å²) in [6, 6.07) is 1.36. The Morgan fingerprint density at radius 3 is 1.15 bits per heavy atom. The molecule has 5 heteroatoms. The molecule has 0 radical (unpaired) electrons. The summed E-state index contributed by atoms with van der Waals surface area (Å²) >= 11 is 0. The Labute approximate surface area is 256 Å². The average Bonchev–Trinajstić information content (AvgIpc) is 2.92. The molecular formula is C35H77N3OSi. The molecule has 0 saturated heterocycles. The van der Waals surface area contributed by atoms with Gasteiger partial charge in [-0.2, -0.15) is 0 Å². The highest BCUT2D eigenvalue weighted by Crippen LogP contribution is 2.40. The van der Waals surface area contributed by atoms with Crippen molar-refractivity contribution in [1.29, 1.82) is 0 Å². The molecule has 0 aromatic carbocycles. The van der Waals surface area contributed by atoms with Crippen LogP contribution in [-0.2, 0) is 4.43 Å². The molecule has 0 heterocycles. The van der Waals surface area contributed by atoms with Crippen LogP contribution in [0, 0.1) is 5.41 Å². The quantitative estimate of drug-likeness (QED) is 0.0600. The van der Waals surface area contributed by atoms with Crippen molar-refractivity contribution in [3.8, 4) is 0 Å². The molecule has 1 atom stereocenters. The number of nitrogens with zero attached hydrogens (tertiary/aromatic N) is 3. The Kier molecular flexibility index (Phi) is 27.9. The zero-order valence-corrected chi connectivity index (χ0v) is 30.6. The van der Waals surface area contributed by atoms with Crippen molar-refractivity contribution in [2.24, 2.45) is 5.41 Å². The van der Waals surface area contributed by atoms with E-state index in [1.807, 2.05) is 0 Å². The Hall–Kier alpha value is 0.0569. The van der Waals surface area contributed by atoms with Gasteiger partial charge in [0, 0.05) is 6.10 Å². The van der Waals surface area contributed by atoms with E-state index in [4.69, 9.17) is 4.43 Å². The number of hydrogen-bond donors (Lipinski definition) is 0. The summed E-state index contributed by atoms with van der Waals surface area (Å²) < 4.78 is 6.41. The van der Waals surface area contributed by atoms with Crippen LogP contribution >= 0.6 is 0 Å². The molecule has 0 aromatic rings. The second-order valence-electron chi connectivity index (χ2n) is 12.9. The van der Waals surface area contributed by atoms with Crippen molar-refractivity contribution in [2.75, 3.05) is 58.9 Å². The van der Waals surface area contributed by atoms with Gasteiger partial charge in [0.25, 0.3) is 0 Å². The van der Waals surface area contributed by atoms with E-state index in [9.17, 15) is 0 Å². The van der Waals surface area contributed by atoms with E-state index in [0.29, 0.717) is 11.5 Å². The van der Waals surface area contributed by atoms with Crippen LogP contribution in [0.1, 0.15) is 152 Å². The lowest BCUT2D eigenvalue weighted by atomic mass is 9.73. The summed E-state index contributed by atoms with van der Waals surface area (Å²) in [5.74, 6) is 0. The maximum Gasteiger partial charge on any atom is 0.161 e. The van der Waals surface area contributed by atoms with Gasteiger partial charge < -0.3 is 19.1 Å². The second kappa shape index (κ2) is 27.9. The van der Waals surface area contributed by atoms with E-state index < -0.39 is 9.76 Å². The summed E-state index contributed by atoms with van der Waals surface area (Å²) in [6.07, 6.45) is 20.4. The molecule has 0 aliphatic carbocycles. The first kappa shape index (κ1) is 40.1. The zero-order valence-electron chi connectivity index (χ0n) is 29.2. The molecule has 0 N–H and O–H groups in total. The van der Waals surface area contributed by atoms with E-state index in [2.05, 4.69) is 70.1 Å². The van der Waals surface area contributed by atoms with Gasteiger partial charge in [0.05, 0.1) is 0 Å². The minimum absolute atomic E-state index is 0.433. The fourth-order valence-electron chi connectivity index (χ4n) is 6.91. The molecule has 0 bridgehead atoms. The monoisotopic (exact) mass is 584 g/mol. The van der Waals surface area contributed by atoms with Crippen LogP contribution in [0.3, 0.4) is 0 Å². The topological polar surface area (TPSA) is 19.0 Å². The zero-order chi connectivity index (χ0) is 29.9. The van der Waals surface area contributed by atoms with Gasteiger partial charge in [0.1, 0.15) is 0 Å². The fourth-order valence-corrected chi connectivity index (χ4v) is 8.54. The van der Waals surface area contributed by atoms with Gasteiger partial charge in [-0.25, -0.2) is 0 Å². The molecule has 0 aliphatic heterocycles. The first-order valence-electron chi connectivity index (χ1n) is 18.2. The second-order valence-corrected chi connectivity index (χ2v) is 14.4. The van der Waals surface area contributed by atoms with Crippen LogP contribution in [0.4, 0.5) is 0 Å². The molecule has 0 spiro atoms. The third kappa shape index (κ3) is 20.9. The van der Waals surface area contributed by atoms with E-state index >= 15 is 0 Å². The fraction of sp³-hybridized carbons (Fsp3) is 1.00.